The van der Waals surface area contributed by atoms with Crippen LogP contribution in [0.25, 0.3) is 16.9 Å². The highest BCUT2D eigenvalue weighted by molar-refractivity contribution is 5.96. The second kappa shape index (κ2) is 9.80. The van der Waals surface area contributed by atoms with Gasteiger partial charge in [-0.05, 0) is 69.0 Å². The molecule has 1 amide bonds. The van der Waals surface area contributed by atoms with Gasteiger partial charge in [0.2, 0.25) is 11.8 Å². The van der Waals surface area contributed by atoms with Gasteiger partial charge in [-0.2, -0.15) is 0 Å². The summed E-state index contributed by atoms with van der Waals surface area (Å²) in [5.41, 5.74) is 5.02. The van der Waals surface area contributed by atoms with Crippen molar-refractivity contribution in [2.24, 2.45) is 0 Å². The minimum Gasteiger partial charge on any atom is -0.437 e. The number of carbonyl (C=O) groups is 1. The van der Waals surface area contributed by atoms with Crippen molar-refractivity contribution in [2.75, 3.05) is 11.9 Å². The maximum absolute atomic E-state index is 13.4. The Kier molecular flexibility index (Phi) is 6.54. The number of hydrogen-bond donors (Lipinski definition) is 2. The summed E-state index contributed by atoms with van der Waals surface area (Å²) in [6.07, 6.45) is 3.40. The van der Waals surface area contributed by atoms with E-state index in [0.29, 0.717) is 34.2 Å². The summed E-state index contributed by atoms with van der Waals surface area (Å²) >= 11 is 0. The molecule has 2 aromatic carbocycles. The van der Waals surface area contributed by atoms with E-state index in [1.807, 2.05) is 50.2 Å². The Morgan fingerprint density at radius 2 is 1.97 bits per heavy atom. The lowest BCUT2D eigenvalue weighted by Crippen LogP contribution is -2.26. The molecule has 0 bridgehead atoms. The molecule has 4 aromatic rings. The second-order valence-electron chi connectivity index (χ2n) is 9.72. The van der Waals surface area contributed by atoms with Gasteiger partial charge in [0.1, 0.15) is 5.75 Å². The molecule has 2 heterocycles. The highest BCUT2D eigenvalue weighted by Crippen LogP contribution is 2.30. The molecule has 2 N–H and O–H groups in total. The largest absolute Gasteiger partial charge is 0.437 e. The Labute approximate surface area is 213 Å². The van der Waals surface area contributed by atoms with Gasteiger partial charge in [0.05, 0.1) is 17.6 Å². The van der Waals surface area contributed by atoms with E-state index >= 15 is 0 Å². The summed E-state index contributed by atoms with van der Waals surface area (Å²) in [7, 11) is 0. The van der Waals surface area contributed by atoms with Gasteiger partial charge in [-0.3, -0.25) is 4.79 Å². The molecule has 0 aliphatic heterocycles. The van der Waals surface area contributed by atoms with E-state index in [1.54, 1.807) is 22.8 Å². The van der Waals surface area contributed by atoms with Crippen LogP contribution < -0.4 is 15.4 Å². The number of benzene rings is 2. The van der Waals surface area contributed by atoms with Gasteiger partial charge in [-0.25, -0.2) is 18.3 Å². The van der Waals surface area contributed by atoms with Crippen LogP contribution in [0, 0.1) is 13.8 Å². The topological polar surface area (TPSA) is 80.5 Å². The summed E-state index contributed by atoms with van der Waals surface area (Å²) in [6, 6.07) is 15.1. The van der Waals surface area contributed by atoms with Crippen LogP contribution in [0.4, 0.5) is 14.5 Å². The summed E-state index contributed by atoms with van der Waals surface area (Å²) in [4.78, 5) is 17.1. The molecular formula is C28H29F2N5O2. The SMILES string of the molecule is Cc1cccc(Oc2cc(NCCC(C)(F)F)c3ncc(-c4ccc(C(=O)NC5CC5)c(C)c4)n3n2)c1. The lowest BCUT2D eigenvalue weighted by atomic mass is 10.0. The Hall–Kier alpha value is -4.01. The van der Waals surface area contributed by atoms with Crippen molar-refractivity contribution in [3.63, 3.8) is 0 Å². The van der Waals surface area contributed by atoms with Crippen molar-refractivity contribution >= 4 is 17.2 Å². The molecule has 5 rings (SSSR count). The van der Waals surface area contributed by atoms with Crippen LogP contribution >= 0.6 is 0 Å². The van der Waals surface area contributed by atoms with Crippen molar-refractivity contribution in [3.05, 3.63) is 71.4 Å². The number of halogens is 2. The van der Waals surface area contributed by atoms with Gasteiger partial charge >= 0.3 is 0 Å². The number of nitrogens with one attached hydrogen (secondary N) is 2. The molecule has 192 valence electrons. The molecule has 37 heavy (non-hydrogen) atoms. The number of amides is 1. The van der Waals surface area contributed by atoms with Gasteiger partial charge in [0, 0.05) is 36.2 Å². The molecule has 0 atom stereocenters. The number of aryl methyl sites for hydroxylation is 2. The molecule has 0 saturated heterocycles. The standard InChI is InChI=1S/C28H29F2N5O2/c1-17-5-4-6-21(13-17)37-25-15-23(31-12-11-28(3,29)30)26-32-16-24(35(26)34-25)19-7-10-22(18(2)14-19)27(36)33-20-8-9-20/h4-7,10,13-16,20,31H,8-9,11-12H2,1-3H3,(H,33,36). The number of aromatic nitrogens is 3. The van der Waals surface area contributed by atoms with Crippen molar-refractivity contribution in [1.82, 2.24) is 19.9 Å². The number of carbonyl (C=O) groups excluding carboxylic acids is 1. The smallest absolute Gasteiger partial charge is 0.251 e. The molecule has 0 unspecified atom stereocenters. The van der Waals surface area contributed by atoms with Crippen molar-refractivity contribution < 1.29 is 18.3 Å². The molecule has 0 spiro atoms. The number of alkyl halides is 2. The summed E-state index contributed by atoms with van der Waals surface area (Å²) in [5.74, 6) is -1.96. The molecule has 7 nitrogen and oxygen atoms in total. The molecule has 1 saturated carbocycles. The first-order valence-electron chi connectivity index (χ1n) is 12.3. The molecule has 0 radical (unpaired) electrons. The van der Waals surface area contributed by atoms with Gasteiger partial charge in [0.25, 0.3) is 5.91 Å². The molecule has 1 aliphatic rings. The number of ether oxygens (including phenoxy) is 1. The average molecular weight is 506 g/mol. The van der Waals surface area contributed by atoms with Crippen LogP contribution in [-0.2, 0) is 0 Å². The van der Waals surface area contributed by atoms with Gasteiger partial charge < -0.3 is 15.4 Å². The zero-order valence-electron chi connectivity index (χ0n) is 21.0. The average Bonchev–Trinajstić information content (AvgIpc) is 3.53. The third kappa shape index (κ3) is 5.87. The zero-order chi connectivity index (χ0) is 26.2. The van der Waals surface area contributed by atoms with Crippen molar-refractivity contribution in [2.45, 2.75) is 52.0 Å². The maximum Gasteiger partial charge on any atom is 0.251 e. The molecular weight excluding hydrogens is 476 g/mol. The van der Waals surface area contributed by atoms with Crippen molar-refractivity contribution in [1.29, 1.82) is 0 Å². The van der Waals surface area contributed by atoms with Crippen LogP contribution in [0.5, 0.6) is 11.6 Å². The fraction of sp³-hybridized carbons (Fsp3) is 0.321. The lowest BCUT2D eigenvalue weighted by molar-refractivity contribution is 0.0167. The molecule has 2 aromatic heterocycles. The summed E-state index contributed by atoms with van der Waals surface area (Å²) < 4.78 is 34.6. The molecule has 1 fully saturated rings. The van der Waals surface area contributed by atoms with Gasteiger partial charge in [-0.15, -0.1) is 5.10 Å². The predicted octanol–water partition coefficient (Wildman–Crippen LogP) is 6.15. The summed E-state index contributed by atoms with van der Waals surface area (Å²) in [5, 5.41) is 10.7. The lowest BCUT2D eigenvalue weighted by Gasteiger charge is -2.14. The molecule has 9 heteroatoms. The van der Waals surface area contributed by atoms with Crippen LogP contribution in [0.2, 0.25) is 0 Å². The van der Waals surface area contributed by atoms with Crippen LogP contribution in [-0.4, -0.2) is 39.0 Å². The fourth-order valence-corrected chi connectivity index (χ4v) is 4.11. The predicted molar refractivity (Wildman–Crippen MR) is 139 cm³/mol. The van der Waals surface area contributed by atoms with E-state index in [-0.39, 0.29) is 24.9 Å². The van der Waals surface area contributed by atoms with Gasteiger partial charge in [0.15, 0.2) is 5.65 Å². The first kappa shape index (κ1) is 24.7. The number of imidazole rings is 1. The Morgan fingerprint density at radius 1 is 1.16 bits per heavy atom. The quantitative estimate of drug-likeness (QED) is 0.285. The van der Waals surface area contributed by atoms with Crippen LogP contribution in [0.15, 0.2) is 54.7 Å². The minimum atomic E-state index is -2.79. The highest BCUT2D eigenvalue weighted by Gasteiger charge is 2.25. The van der Waals surface area contributed by atoms with E-state index in [9.17, 15) is 13.6 Å². The van der Waals surface area contributed by atoms with E-state index < -0.39 is 5.92 Å². The van der Waals surface area contributed by atoms with E-state index in [0.717, 1.165) is 36.5 Å². The van der Waals surface area contributed by atoms with E-state index in [2.05, 4.69) is 20.7 Å². The minimum absolute atomic E-state index is 0.0547. The maximum atomic E-state index is 13.4. The van der Waals surface area contributed by atoms with E-state index in [1.165, 1.54) is 0 Å². The number of fused-ring (bicyclic) bond motifs is 1. The Bertz CT molecular complexity index is 1460. The Balaban J connectivity index is 1.51. The summed E-state index contributed by atoms with van der Waals surface area (Å²) in [6.45, 7) is 4.81. The monoisotopic (exact) mass is 505 g/mol. The highest BCUT2D eigenvalue weighted by atomic mass is 19.3. The number of anilines is 1. The first-order valence-corrected chi connectivity index (χ1v) is 12.3. The number of nitrogens with zero attached hydrogens (tertiary/aromatic N) is 3. The third-order valence-electron chi connectivity index (χ3n) is 6.22. The second-order valence-corrected chi connectivity index (χ2v) is 9.72. The fourth-order valence-electron chi connectivity index (χ4n) is 4.11. The Morgan fingerprint density at radius 3 is 2.68 bits per heavy atom. The van der Waals surface area contributed by atoms with E-state index in [4.69, 9.17) is 4.74 Å². The number of rotatable bonds is 9. The normalized spacial score (nSPS) is 13.5. The third-order valence-corrected chi connectivity index (χ3v) is 6.22. The first-order chi connectivity index (χ1) is 17.7. The van der Waals surface area contributed by atoms with Crippen LogP contribution in [0.3, 0.4) is 0 Å². The van der Waals surface area contributed by atoms with Gasteiger partial charge in [-0.1, -0.05) is 18.2 Å². The molecule has 1 aliphatic carbocycles. The zero-order valence-corrected chi connectivity index (χ0v) is 21.0. The van der Waals surface area contributed by atoms with Crippen molar-refractivity contribution in [3.8, 4) is 22.9 Å². The van der Waals surface area contributed by atoms with Crippen LogP contribution in [0.1, 0.15) is 47.7 Å². The number of hydrogen-bond acceptors (Lipinski definition) is 5.